The Morgan fingerprint density at radius 2 is 2.00 bits per heavy atom. The van der Waals surface area contributed by atoms with Crippen LogP contribution in [0.4, 0.5) is 0 Å². The van der Waals surface area contributed by atoms with Crippen LogP contribution in [0.5, 0.6) is 5.75 Å². The fourth-order valence-electron chi connectivity index (χ4n) is 4.46. The van der Waals surface area contributed by atoms with E-state index in [1.54, 1.807) is 24.4 Å². The average molecular weight is 446 g/mol. The number of carbonyl (C=O) groups excluding carboxylic acids is 2. The van der Waals surface area contributed by atoms with Crippen LogP contribution in [-0.4, -0.2) is 46.5 Å². The van der Waals surface area contributed by atoms with Gasteiger partial charge >= 0.3 is 5.97 Å². The van der Waals surface area contributed by atoms with Gasteiger partial charge in [-0.15, -0.1) is 0 Å². The van der Waals surface area contributed by atoms with Gasteiger partial charge < -0.3 is 25.0 Å². The van der Waals surface area contributed by atoms with E-state index in [0.717, 1.165) is 25.7 Å². The Morgan fingerprint density at radius 3 is 2.81 bits per heavy atom. The van der Waals surface area contributed by atoms with E-state index < -0.39 is 18.2 Å². The summed E-state index contributed by atoms with van der Waals surface area (Å²) in [6, 6.07) is 4.94. The second kappa shape index (κ2) is 12.0. The maximum absolute atomic E-state index is 12.9. The number of hydrogen-bond donors (Lipinski definition) is 3. The van der Waals surface area contributed by atoms with Crippen LogP contribution in [0.25, 0.3) is 0 Å². The molecule has 176 valence electrons. The lowest BCUT2D eigenvalue weighted by molar-refractivity contribution is -0.120. The summed E-state index contributed by atoms with van der Waals surface area (Å²) in [5.41, 5.74) is 0.809. The lowest BCUT2D eigenvalue weighted by atomic mass is 9.91. The van der Waals surface area contributed by atoms with Crippen LogP contribution in [0, 0.1) is 0 Å². The molecule has 2 aliphatic rings. The van der Waals surface area contributed by atoms with Gasteiger partial charge in [0.1, 0.15) is 17.4 Å². The van der Waals surface area contributed by atoms with Crippen LogP contribution in [0.1, 0.15) is 80.6 Å². The monoisotopic (exact) mass is 445 g/mol. The molecule has 0 aliphatic carbocycles. The van der Waals surface area contributed by atoms with Crippen LogP contribution in [0.15, 0.2) is 30.5 Å². The number of unbranched alkanes of at least 4 members (excludes halogenated alkanes) is 3. The Kier molecular flexibility index (Phi) is 9.11. The highest BCUT2D eigenvalue weighted by Gasteiger charge is 2.34. The van der Waals surface area contributed by atoms with Gasteiger partial charge in [-0.1, -0.05) is 44.4 Å². The summed E-state index contributed by atoms with van der Waals surface area (Å²) >= 11 is 0. The standard InChI is InChI=1S/C25H35NO6/c1-2-3-4-5-11-23(29)26-12-7-9-19-16-21-15-18(27)14-20(31-21)13-17-8-6-10-22(28)24(17)25(30)32-19/h6-8,10,12,18-21,27-28H,2-5,9,11,13-16H2,1H3,(H,26,29)/b12-7+. The molecule has 2 bridgehead atoms. The van der Waals surface area contributed by atoms with Crippen molar-refractivity contribution in [3.05, 3.63) is 41.6 Å². The van der Waals surface area contributed by atoms with E-state index >= 15 is 0 Å². The van der Waals surface area contributed by atoms with E-state index in [-0.39, 0.29) is 29.4 Å². The molecule has 1 fully saturated rings. The van der Waals surface area contributed by atoms with Gasteiger partial charge in [-0.3, -0.25) is 4.79 Å². The van der Waals surface area contributed by atoms with Crippen molar-refractivity contribution < 1.29 is 29.3 Å². The van der Waals surface area contributed by atoms with Crippen LogP contribution >= 0.6 is 0 Å². The number of cyclic esters (lactones) is 1. The number of nitrogens with one attached hydrogen (secondary N) is 1. The van der Waals surface area contributed by atoms with Gasteiger partial charge in [0.05, 0.1) is 18.3 Å². The molecule has 2 heterocycles. The van der Waals surface area contributed by atoms with Crippen molar-refractivity contribution in [3.8, 4) is 5.75 Å². The van der Waals surface area contributed by atoms with E-state index in [1.807, 2.05) is 0 Å². The normalized spacial score (nSPS) is 25.8. The smallest absolute Gasteiger partial charge is 0.342 e. The first-order chi connectivity index (χ1) is 15.5. The highest BCUT2D eigenvalue weighted by molar-refractivity contribution is 5.94. The van der Waals surface area contributed by atoms with E-state index in [0.29, 0.717) is 44.1 Å². The first-order valence-corrected chi connectivity index (χ1v) is 11.8. The van der Waals surface area contributed by atoms with E-state index in [1.165, 1.54) is 6.07 Å². The topological polar surface area (TPSA) is 105 Å². The number of esters is 1. The summed E-state index contributed by atoms with van der Waals surface area (Å²) in [4.78, 5) is 24.8. The fraction of sp³-hybridized carbons (Fsp3) is 0.600. The lowest BCUT2D eigenvalue weighted by Gasteiger charge is -2.36. The van der Waals surface area contributed by atoms with Gasteiger partial charge in [-0.25, -0.2) is 4.79 Å². The zero-order valence-corrected chi connectivity index (χ0v) is 18.8. The Bertz CT molecular complexity index is 808. The maximum Gasteiger partial charge on any atom is 0.342 e. The minimum Gasteiger partial charge on any atom is -0.507 e. The van der Waals surface area contributed by atoms with Crippen molar-refractivity contribution in [3.63, 3.8) is 0 Å². The summed E-state index contributed by atoms with van der Waals surface area (Å²) in [6.07, 6.45) is 8.90. The average Bonchev–Trinajstić information content (AvgIpc) is 2.73. The molecule has 1 aromatic rings. The van der Waals surface area contributed by atoms with Crippen molar-refractivity contribution in [2.45, 2.75) is 95.5 Å². The predicted octanol–water partition coefficient (Wildman–Crippen LogP) is 3.76. The van der Waals surface area contributed by atoms with Crippen LogP contribution in [0.3, 0.4) is 0 Å². The molecule has 4 unspecified atom stereocenters. The van der Waals surface area contributed by atoms with Crippen molar-refractivity contribution in [1.82, 2.24) is 5.32 Å². The molecule has 3 rings (SSSR count). The number of aromatic hydroxyl groups is 1. The molecule has 0 aromatic heterocycles. The first-order valence-electron chi connectivity index (χ1n) is 11.8. The molecule has 7 heteroatoms. The van der Waals surface area contributed by atoms with Gasteiger partial charge in [-0.05, 0) is 43.5 Å². The van der Waals surface area contributed by atoms with Crippen LogP contribution in [-0.2, 0) is 20.7 Å². The molecule has 32 heavy (non-hydrogen) atoms. The molecule has 0 saturated carbocycles. The van der Waals surface area contributed by atoms with Crippen LogP contribution in [0.2, 0.25) is 0 Å². The highest BCUT2D eigenvalue weighted by atomic mass is 16.5. The zero-order valence-electron chi connectivity index (χ0n) is 18.8. The molecule has 1 amide bonds. The number of hydrogen-bond acceptors (Lipinski definition) is 6. The SMILES string of the molecule is CCCCCCC(=O)N/C=C/CC1CC2CC(O)CC(Cc3cccc(O)c3C(=O)O1)O2. The van der Waals surface area contributed by atoms with Crippen molar-refractivity contribution >= 4 is 11.9 Å². The fourth-order valence-corrected chi connectivity index (χ4v) is 4.46. The molecule has 1 aromatic carbocycles. The van der Waals surface area contributed by atoms with E-state index in [2.05, 4.69) is 12.2 Å². The van der Waals surface area contributed by atoms with Gasteiger partial charge in [0.2, 0.25) is 5.91 Å². The zero-order chi connectivity index (χ0) is 22.9. The van der Waals surface area contributed by atoms with Gasteiger partial charge in [0.15, 0.2) is 0 Å². The minimum atomic E-state index is -0.558. The molecular formula is C25H35NO6. The van der Waals surface area contributed by atoms with Crippen molar-refractivity contribution in [1.29, 1.82) is 0 Å². The van der Waals surface area contributed by atoms with Crippen molar-refractivity contribution in [2.75, 3.05) is 0 Å². The molecule has 4 atom stereocenters. The Balaban J connectivity index is 1.65. The number of amides is 1. The number of carbonyl (C=O) groups is 2. The first kappa shape index (κ1) is 24.3. The number of benzene rings is 1. The minimum absolute atomic E-state index is 0.0271. The van der Waals surface area contributed by atoms with E-state index in [4.69, 9.17) is 9.47 Å². The number of ether oxygens (including phenoxy) is 2. The van der Waals surface area contributed by atoms with Gasteiger partial charge in [0.25, 0.3) is 0 Å². The second-order valence-corrected chi connectivity index (χ2v) is 8.80. The Hall–Kier alpha value is -2.38. The highest BCUT2D eigenvalue weighted by Crippen LogP contribution is 2.32. The third kappa shape index (κ3) is 7.07. The number of aliphatic hydroxyl groups excluding tert-OH is 1. The number of phenolic OH excluding ortho intramolecular Hbond substituents is 1. The molecule has 7 nitrogen and oxygen atoms in total. The third-order valence-electron chi connectivity index (χ3n) is 6.05. The largest absolute Gasteiger partial charge is 0.507 e. The van der Waals surface area contributed by atoms with Crippen molar-refractivity contribution in [2.24, 2.45) is 0 Å². The molecule has 2 aliphatic heterocycles. The predicted molar refractivity (Wildman–Crippen MR) is 120 cm³/mol. The summed E-state index contributed by atoms with van der Waals surface area (Å²) < 4.78 is 11.9. The number of aliphatic hydroxyl groups is 1. The van der Waals surface area contributed by atoms with Gasteiger partial charge in [-0.2, -0.15) is 0 Å². The Morgan fingerprint density at radius 1 is 1.19 bits per heavy atom. The molecule has 1 saturated heterocycles. The molecular weight excluding hydrogens is 410 g/mol. The molecule has 0 radical (unpaired) electrons. The summed E-state index contributed by atoms with van der Waals surface area (Å²) in [6.45, 7) is 2.13. The summed E-state index contributed by atoms with van der Waals surface area (Å²) in [5, 5.41) is 23.4. The Labute approximate surface area is 189 Å². The summed E-state index contributed by atoms with van der Waals surface area (Å²) in [7, 11) is 0. The quantitative estimate of drug-likeness (QED) is 0.416. The summed E-state index contributed by atoms with van der Waals surface area (Å²) in [5.74, 6) is -0.705. The number of fused-ring (bicyclic) bond motifs is 3. The maximum atomic E-state index is 12.9. The third-order valence-corrected chi connectivity index (χ3v) is 6.05. The molecule has 0 spiro atoms. The van der Waals surface area contributed by atoms with E-state index in [9.17, 15) is 19.8 Å². The lowest BCUT2D eigenvalue weighted by Crippen LogP contribution is -2.40. The van der Waals surface area contributed by atoms with Crippen LogP contribution < -0.4 is 5.32 Å². The van der Waals surface area contributed by atoms with Gasteiger partial charge in [0, 0.05) is 19.3 Å². The molecule has 3 N–H and O–H groups in total. The number of phenols is 1. The number of rotatable bonds is 8. The second-order valence-electron chi connectivity index (χ2n) is 8.80.